The van der Waals surface area contributed by atoms with Crippen molar-refractivity contribution in [2.75, 3.05) is 41.6 Å². The van der Waals surface area contributed by atoms with Gasteiger partial charge in [0.15, 0.2) is 6.73 Å². The number of fused-ring (bicyclic) bond motifs is 1. The zero-order valence-electron chi connectivity index (χ0n) is 46.7. The molecule has 1 aromatic heterocycles. The van der Waals surface area contributed by atoms with Gasteiger partial charge >= 0.3 is 0 Å². The van der Waals surface area contributed by atoms with Gasteiger partial charge in [0.1, 0.15) is 24.4 Å². The Bertz CT molecular complexity index is 3110. The molecule has 0 spiro atoms. The maximum atomic E-state index is 10.5. The van der Waals surface area contributed by atoms with E-state index in [-0.39, 0.29) is 12.9 Å². The van der Waals surface area contributed by atoms with Crippen LogP contribution in [0, 0.1) is 41.5 Å². The lowest BCUT2D eigenvalue weighted by molar-refractivity contribution is 0.289. The Kier molecular flexibility index (Phi) is 25.0. The van der Waals surface area contributed by atoms with E-state index >= 15 is 0 Å². The van der Waals surface area contributed by atoms with E-state index in [1.807, 2.05) is 69.4 Å². The average molecular weight is 1080 g/mol. The number of aromatic amines is 1. The van der Waals surface area contributed by atoms with Crippen LogP contribution in [0.15, 0.2) is 175 Å². The van der Waals surface area contributed by atoms with Gasteiger partial charge in [0.2, 0.25) is 0 Å². The van der Waals surface area contributed by atoms with Crippen molar-refractivity contribution < 1.29 is 27.6 Å². The van der Waals surface area contributed by atoms with E-state index in [1.54, 1.807) is 19.2 Å². The number of methoxy groups -OCH3 is 1. The van der Waals surface area contributed by atoms with Crippen LogP contribution in [0.25, 0.3) is 0 Å². The molecule has 0 atom stereocenters. The van der Waals surface area contributed by atoms with Gasteiger partial charge in [0, 0.05) is 84.8 Å². The van der Waals surface area contributed by atoms with Crippen LogP contribution in [0.3, 0.4) is 0 Å². The number of aryl methyl sites for hydroxylation is 7. The van der Waals surface area contributed by atoms with Crippen molar-refractivity contribution in [3.8, 4) is 17.2 Å². The maximum Gasteiger partial charge on any atom is 0.294 e. The number of phenolic OH excluding ortho intramolecular Hbond substituents is 1. The quantitative estimate of drug-likeness (QED) is 0.0798. The van der Waals surface area contributed by atoms with Crippen molar-refractivity contribution in [3.05, 3.63) is 226 Å². The number of nitrogens with zero attached hydrogens (tertiary/aromatic N) is 4. The van der Waals surface area contributed by atoms with Gasteiger partial charge < -0.3 is 34.3 Å². The van der Waals surface area contributed by atoms with Crippen LogP contribution in [0.4, 0.5) is 17.1 Å². The molecule has 76 heavy (non-hydrogen) atoms. The summed E-state index contributed by atoms with van der Waals surface area (Å²) in [6.45, 7) is 23.5. The smallest absolute Gasteiger partial charge is 0.294 e. The van der Waals surface area contributed by atoms with Gasteiger partial charge in [0.25, 0.3) is 10.1 Å². The van der Waals surface area contributed by atoms with Crippen LogP contribution in [0.1, 0.15) is 76.8 Å². The molecule has 2 heterocycles. The lowest BCUT2D eigenvalue weighted by atomic mass is 10.0. The van der Waals surface area contributed by atoms with Gasteiger partial charge in [-0.3, -0.25) is 4.55 Å². The molecule has 3 N–H and O–H groups in total. The molecule has 0 saturated carbocycles. The number of aromatic nitrogens is 2. The van der Waals surface area contributed by atoms with Crippen molar-refractivity contribution in [2.24, 2.45) is 0 Å². The zero-order chi connectivity index (χ0) is 56.3. The van der Waals surface area contributed by atoms with E-state index in [1.165, 1.54) is 57.0 Å². The van der Waals surface area contributed by atoms with Crippen molar-refractivity contribution in [1.29, 1.82) is 1.28 Å². The number of phenols is 1. The number of H-pyrrole nitrogens is 1. The summed E-state index contributed by atoms with van der Waals surface area (Å²) < 4.78 is 46.8. The molecule has 0 fully saturated rings. The Morgan fingerprint density at radius 3 is 1.72 bits per heavy atom. The number of imidazole rings is 1. The second-order valence-electron chi connectivity index (χ2n) is 18.2. The first-order chi connectivity index (χ1) is 36.9. The normalized spacial score (nSPS) is 11.3. The highest BCUT2D eigenvalue weighted by molar-refractivity contribution is 7.88. The summed E-state index contributed by atoms with van der Waals surface area (Å²) in [4.78, 5) is 14.0. The van der Waals surface area contributed by atoms with Crippen molar-refractivity contribution in [1.82, 2.24) is 9.97 Å². The first-order valence-corrected chi connectivity index (χ1v) is 28.2. The van der Waals surface area contributed by atoms with Gasteiger partial charge in [0.05, 0.1) is 12.0 Å². The van der Waals surface area contributed by atoms with Gasteiger partial charge in [-0.15, -0.1) is 0 Å². The van der Waals surface area contributed by atoms with Crippen LogP contribution in [0.5, 0.6) is 17.2 Å². The van der Waals surface area contributed by atoms with E-state index in [9.17, 15) is 13.5 Å². The number of anilines is 3. The first kappa shape index (κ1) is 59.9. The minimum atomic E-state index is -4.02. The van der Waals surface area contributed by atoms with Crippen molar-refractivity contribution >= 4 is 46.9 Å². The predicted octanol–water partition coefficient (Wildman–Crippen LogP) is 14.5. The fraction of sp³-hybridized carbons (Fsp3) is 0.274. The number of hydrogen-bond acceptors (Lipinski definition) is 10. The maximum absolute atomic E-state index is 10.5. The number of rotatable bonds is 12. The largest absolute Gasteiger partial charge is 0.507 e. The molecular weight excluding hydrogens is 1010 g/mol. The lowest BCUT2D eigenvalue weighted by Gasteiger charge is -2.30. The molecule has 0 radical (unpaired) electrons. The molecule has 0 saturated heterocycles. The van der Waals surface area contributed by atoms with Crippen LogP contribution in [-0.4, -0.2) is 56.3 Å². The molecule has 0 aliphatic carbocycles. The predicted molar refractivity (Wildman–Crippen MR) is 320 cm³/mol. The zero-order valence-corrected chi connectivity index (χ0v) is 48.2. The molecule has 1 aliphatic heterocycles. The fourth-order valence-electron chi connectivity index (χ4n) is 8.19. The van der Waals surface area contributed by atoms with Gasteiger partial charge in [-0.2, -0.15) is 8.42 Å². The van der Waals surface area contributed by atoms with E-state index in [0.29, 0.717) is 12.5 Å². The Morgan fingerprint density at radius 1 is 0.711 bits per heavy atom. The number of benzene rings is 7. The van der Waals surface area contributed by atoms with E-state index < -0.39 is 10.1 Å². The summed E-state index contributed by atoms with van der Waals surface area (Å²) >= 11 is 4.03. The summed E-state index contributed by atoms with van der Waals surface area (Å²) in [5, 5.41) is 10.2. The topological polar surface area (TPSA) is 131 Å². The third-order valence-electron chi connectivity index (χ3n) is 12.2. The standard InChI is InChI=1S/2C17H21NO.C15H15NO.C7H8O3S.C6H10N2.HPS/c1-4-18(16-8-6-5-7-9-16)12-15-11-13(2)10-14(3)17(15)19;1-4-18(16-8-6-5-7-9-16)13-15-12-14(2)10-11-17(15)19-3;1-12-7-8-15-13(9-12)10-16(11-17-15)14-5-3-2-4-6-14;1-6-2-4-7(5-3-6)11(8,9)10;1-3-6-7-4-5(2)8-6;1-2/h5-11,19H,4,12H2,1-3H3;5-12H,4,13H2,1-3H3;2-9H,10-11H2,1H3;2-5H,1H3,(H,8,9,10);4H,3H2,1-2H3,(H,7,8);1H/i;;;;;1T. The summed E-state index contributed by atoms with van der Waals surface area (Å²) in [6, 6.07) is 53.9. The number of ether oxygens (including phenoxy) is 2. The first-order valence-electron chi connectivity index (χ1n) is 25.7. The molecule has 11 nitrogen and oxygen atoms in total. The Hall–Kier alpha value is -7.02. The SMILES string of the molecule is CCN(Cc1cc(C)cc(C)c1O)c1ccccc1.CCN(Cc1cc(C)ccc1OC)c1ccccc1.CCc1ncc(C)[nH]1.Cc1ccc(S(=O)(=O)O)cc1.Cc1ccc2c(c1)CN(c1ccccc1)CO2.[3H]P=S. The van der Waals surface area contributed by atoms with Gasteiger partial charge in [-0.05, 0) is 130 Å². The van der Waals surface area contributed by atoms with E-state index in [0.717, 1.165) is 78.9 Å². The molecule has 402 valence electrons. The molecular formula is C62H76N5O6PS2. The number of aromatic hydroxyl groups is 1. The van der Waals surface area contributed by atoms with Crippen molar-refractivity contribution in [3.63, 3.8) is 0 Å². The molecule has 14 heteroatoms. The molecule has 7 aromatic carbocycles. The van der Waals surface area contributed by atoms with E-state index in [2.05, 4.69) is 175 Å². The van der Waals surface area contributed by atoms with Crippen molar-refractivity contribution in [2.45, 2.75) is 93.3 Å². The van der Waals surface area contributed by atoms with Gasteiger partial charge in [-0.1, -0.05) is 144 Å². The highest BCUT2D eigenvalue weighted by Crippen LogP contribution is 2.30. The fourth-order valence-corrected chi connectivity index (χ4v) is 8.67. The highest BCUT2D eigenvalue weighted by Gasteiger charge is 2.17. The van der Waals surface area contributed by atoms with E-state index in [4.69, 9.17) is 15.3 Å². The number of para-hydroxylation sites is 3. The minimum Gasteiger partial charge on any atom is -0.507 e. The van der Waals surface area contributed by atoms with Crippen LogP contribution >= 0.6 is 7.96 Å². The Labute approximate surface area is 461 Å². The Morgan fingerprint density at radius 2 is 1.22 bits per heavy atom. The third kappa shape index (κ3) is 19.9. The molecule has 9 rings (SSSR count). The second kappa shape index (κ2) is 31.8. The third-order valence-corrected chi connectivity index (χ3v) is 13.0. The molecule has 8 aromatic rings. The Balaban J connectivity index is 0.000000211. The second-order valence-corrected chi connectivity index (χ2v) is 19.6. The summed E-state index contributed by atoms with van der Waals surface area (Å²) in [5.41, 5.74) is 13.9. The molecule has 0 bridgehead atoms. The summed E-state index contributed by atoms with van der Waals surface area (Å²) in [6.07, 6.45) is 2.84. The number of nitrogens with one attached hydrogen (secondary N) is 1. The minimum absolute atomic E-state index is 0.0666. The average Bonchev–Trinajstić information content (AvgIpc) is 3.87. The summed E-state index contributed by atoms with van der Waals surface area (Å²) in [5.74, 6) is 3.46. The summed E-state index contributed by atoms with van der Waals surface area (Å²) in [7, 11) is -2.04. The molecule has 0 unspecified atom stereocenters. The van der Waals surface area contributed by atoms with Crippen LogP contribution < -0.4 is 24.2 Å². The lowest BCUT2D eigenvalue weighted by Crippen LogP contribution is -2.31. The van der Waals surface area contributed by atoms with Crippen LogP contribution in [0.2, 0.25) is 0 Å². The monoisotopic (exact) mass is 1080 g/mol. The molecule has 1 aliphatic rings. The number of hydrogen-bond donors (Lipinski definition) is 3. The van der Waals surface area contributed by atoms with Gasteiger partial charge in [-0.25, -0.2) is 4.98 Å². The van der Waals surface area contributed by atoms with Crippen LogP contribution in [-0.2, 0) is 48.0 Å². The molecule has 0 amide bonds. The highest BCUT2D eigenvalue weighted by atomic mass is 32.4.